The summed E-state index contributed by atoms with van der Waals surface area (Å²) in [5.41, 5.74) is 14.3. The van der Waals surface area contributed by atoms with Gasteiger partial charge in [-0.3, -0.25) is 0 Å². The topological polar surface area (TPSA) is 0 Å². The van der Waals surface area contributed by atoms with Crippen molar-refractivity contribution in [3.05, 3.63) is 129 Å². The molecule has 4 aromatic rings. The van der Waals surface area contributed by atoms with Gasteiger partial charge in [0.15, 0.2) is 0 Å². The van der Waals surface area contributed by atoms with Crippen LogP contribution in [0.1, 0.15) is 47.2 Å². The van der Waals surface area contributed by atoms with Gasteiger partial charge in [-0.2, -0.15) is 0 Å². The summed E-state index contributed by atoms with van der Waals surface area (Å²) in [6.45, 7) is 9.66. The van der Waals surface area contributed by atoms with Crippen molar-refractivity contribution in [2.24, 2.45) is 0 Å². The van der Waals surface area contributed by atoms with E-state index in [1.807, 2.05) is 0 Å². The lowest BCUT2D eigenvalue weighted by Crippen LogP contribution is -2.32. The molecule has 0 saturated heterocycles. The SMILES string of the molecule is CCc1ccccc1-c1cccc2c1C=C([Si](C)(C)C1=Cc3c(cccc3-c3ccccc3CC)C1)C2. The third kappa shape index (κ3) is 4.06. The first-order valence-electron chi connectivity index (χ1n) is 13.8. The highest BCUT2D eigenvalue weighted by molar-refractivity contribution is 6.92. The standard InChI is InChI=1S/C36H36Si/c1-5-25-13-7-9-17-31(25)33-19-11-15-27-21-29(23-35(27)33)37(3,4)30-22-28-16-12-20-34(36(28)24-30)32-18-10-8-14-26(32)6-2/h7-20,23-24H,5-6,21-22H2,1-4H3. The number of fused-ring (bicyclic) bond motifs is 2. The molecular formula is C36H36Si. The molecule has 0 unspecified atom stereocenters. The summed E-state index contributed by atoms with van der Waals surface area (Å²) in [6, 6.07) is 31.7. The molecule has 0 spiro atoms. The highest BCUT2D eigenvalue weighted by Gasteiger charge is 2.36. The number of hydrogen-bond acceptors (Lipinski definition) is 0. The van der Waals surface area contributed by atoms with Gasteiger partial charge in [0.2, 0.25) is 0 Å². The minimum Gasteiger partial charge on any atom is -0.0714 e. The Kier molecular flexibility index (Phi) is 6.13. The fourth-order valence-corrected chi connectivity index (χ4v) is 9.09. The zero-order valence-corrected chi connectivity index (χ0v) is 23.6. The number of hydrogen-bond donors (Lipinski definition) is 0. The first-order valence-corrected chi connectivity index (χ1v) is 16.8. The Morgan fingerprint density at radius 3 is 1.35 bits per heavy atom. The summed E-state index contributed by atoms with van der Waals surface area (Å²) in [7, 11) is -1.80. The van der Waals surface area contributed by atoms with Crippen LogP contribution in [0.15, 0.2) is 95.3 Å². The minimum absolute atomic E-state index is 1.06. The zero-order chi connectivity index (χ0) is 25.6. The van der Waals surface area contributed by atoms with Crippen LogP contribution < -0.4 is 0 Å². The Hall–Kier alpha value is -3.42. The molecule has 0 fully saturated rings. The second-order valence-corrected chi connectivity index (χ2v) is 15.6. The molecule has 0 radical (unpaired) electrons. The van der Waals surface area contributed by atoms with Crippen molar-refractivity contribution in [1.82, 2.24) is 0 Å². The predicted molar refractivity (Wildman–Crippen MR) is 163 cm³/mol. The largest absolute Gasteiger partial charge is 0.103 e. The van der Waals surface area contributed by atoms with Gasteiger partial charge < -0.3 is 0 Å². The van der Waals surface area contributed by atoms with Crippen LogP contribution >= 0.6 is 0 Å². The molecule has 0 atom stereocenters. The minimum atomic E-state index is -1.80. The third-order valence-corrected chi connectivity index (χ3v) is 12.6. The summed E-state index contributed by atoms with van der Waals surface area (Å²) in [6.07, 6.45) is 9.45. The Morgan fingerprint density at radius 1 is 0.514 bits per heavy atom. The van der Waals surface area contributed by atoms with E-state index >= 15 is 0 Å². The first-order chi connectivity index (χ1) is 18.0. The second-order valence-electron chi connectivity index (χ2n) is 11.1. The molecule has 0 saturated carbocycles. The van der Waals surface area contributed by atoms with Gasteiger partial charge in [-0.05, 0) is 81.3 Å². The van der Waals surface area contributed by atoms with Crippen LogP contribution in [0, 0.1) is 0 Å². The molecule has 0 nitrogen and oxygen atoms in total. The molecule has 6 rings (SSSR count). The van der Waals surface area contributed by atoms with Gasteiger partial charge in [-0.1, -0.05) is 134 Å². The molecule has 0 bridgehead atoms. The molecule has 0 N–H and O–H groups in total. The molecule has 2 aliphatic carbocycles. The van der Waals surface area contributed by atoms with Crippen molar-refractivity contribution in [1.29, 1.82) is 0 Å². The van der Waals surface area contributed by atoms with Gasteiger partial charge in [0.1, 0.15) is 8.07 Å². The summed E-state index contributed by atoms with van der Waals surface area (Å²) < 4.78 is 0. The maximum absolute atomic E-state index is 2.57. The summed E-state index contributed by atoms with van der Waals surface area (Å²) in [5, 5.41) is 3.33. The summed E-state index contributed by atoms with van der Waals surface area (Å²) in [4.78, 5) is 0. The molecule has 2 aliphatic rings. The maximum Gasteiger partial charge on any atom is 0.103 e. The Labute approximate surface area is 223 Å². The molecule has 1 heteroatoms. The van der Waals surface area contributed by atoms with Crippen LogP contribution in [0.2, 0.25) is 13.1 Å². The van der Waals surface area contributed by atoms with E-state index in [9.17, 15) is 0 Å². The summed E-state index contributed by atoms with van der Waals surface area (Å²) >= 11 is 0. The Bertz CT molecular complexity index is 1450. The first kappa shape index (κ1) is 23.9. The van der Waals surface area contributed by atoms with E-state index in [0.29, 0.717) is 0 Å². The van der Waals surface area contributed by atoms with Crippen LogP contribution in [-0.4, -0.2) is 8.07 Å². The fourth-order valence-electron chi connectivity index (χ4n) is 6.40. The second kappa shape index (κ2) is 9.47. The van der Waals surface area contributed by atoms with E-state index in [2.05, 4.69) is 124 Å². The highest BCUT2D eigenvalue weighted by Crippen LogP contribution is 2.44. The monoisotopic (exact) mass is 496 g/mol. The van der Waals surface area contributed by atoms with Gasteiger partial charge in [0.05, 0.1) is 0 Å². The molecule has 37 heavy (non-hydrogen) atoms. The van der Waals surface area contributed by atoms with Crippen LogP contribution in [-0.2, 0) is 25.7 Å². The number of allylic oxidation sites excluding steroid dienone is 2. The number of rotatable bonds is 6. The average molecular weight is 497 g/mol. The quantitative estimate of drug-likeness (QED) is 0.233. The summed E-state index contributed by atoms with van der Waals surface area (Å²) in [5.74, 6) is 0. The van der Waals surface area contributed by atoms with Crippen molar-refractivity contribution in [3.63, 3.8) is 0 Å². The van der Waals surface area contributed by atoms with Gasteiger partial charge in [-0.25, -0.2) is 0 Å². The molecule has 184 valence electrons. The van der Waals surface area contributed by atoms with Gasteiger partial charge in [0.25, 0.3) is 0 Å². The van der Waals surface area contributed by atoms with E-state index in [1.165, 1.54) is 55.6 Å². The van der Waals surface area contributed by atoms with E-state index in [-0.39, 0.29) is 0 Å². The van der Waals surface area contributed by atoms with Crippen molar-refractivity contribution in [3.8, 4) is 22.3 Å². The smallest absolute Gasteiger partial charge is 0.0714 e. The van der Waals surface area contributed by atoms with Gasteiger partial charge >= 0.3 is 0 Å². The lowest BCUT2D eigenvalue weighted by atomic mass is 9.93. The van der Waals surface area contributed by atoms with Crippen molar-refractivity contribution in [2.75, 3.05) is 0 Å². The Balaban J connectivity index is 1.39. The van der Waals surface area contributed by atoms with Crippen molar-refractivity contribution in [2.45, 2.75) is 52.6 Å². The van der Waals surface area contributed by atoms with Crippen LogP contribution in [0.5, 0.6) is 0 Å². The Morgan fingerprint density at radius 2 is 0.919 bits per heavy atom. The van der Waals surface area contributed by atoms with Crippen LogP contribution in [0.3, 0.4) is 0 Å². The molecule has 4 aromatic carbocycles. The van der Waals surface area contributed by atoms with E-state index in [1.54, 1.807) is 10.4 Å². The van der Waals surface area contributed by atoms with Crippen LogP contribution in [0.25, 0.3) is 34.4 Å². The van der Waals surface area contributed by atoms with Crippen molar-refractivity contribution >= 4 is 20.2 Å². The lowest BCUT2D eigenvalue weighted by molar-refractivity contribution is 1.14. The highest BCUT2D eigenvalue weighted by atomic mass is 28.3. The fraction of sp³-hybridized carbons (Fsp3) is 0.222. The molecular weight excluding hydrogens is 460 g/mol. The number of aryl methyl sites for hydroxylation is 2. The molecule has 0 aromatic heterocycles. The van der Waals surface area contributed by atoms with E-state index in [0.717, 1.165) is 25.7 Å². The third-order valence-electron chi connectivity index (χ3n) is 8.77. The van der Waals surface area contributed by atoms with Crippen molar-refractivity contribution < 1.29 is 0 Å². The normalized spacial score (nSPS) is 14.3. The van der Waals surface area contributed by atoms with Crippen LogP contribution in [0.4, 0.5) is 0 Å². The molecule has 0 aliphatic heterocycles. The number of benzene rings is 4. The maximum atomic E-state index is 2.57. The van der Waals surface area contributed by atoms with E-state index < -0.39 is 8.07 Å². The predicted octanol–water partition coefficient (Wildman–Crippen LogP) is 9.51. The van der Waals surface area contributed by atoms with Gasteiger partial charge in [-0.15, -0.1) is 0 Å². The van der Waals surface area contributed by atoms with E-state index in [4.69, 9.17) is 0 Å². The molecule has 0 heterocycles. The lowest BCUT2D eigenvalue weighted by Gasteiger charge is -2.26. The zero-order valence-electron chi connectivity index (χ0n) is 22.6. The van der Waals surface area contributed by atoms with Gasteiger partial charge in [0, 0.05) is 0 Å². The average Bonchev–Trinajstić information content (AvgIpc) is 3.58. The molecule has 0 amide bonds.